The van der Waals surface area contributed by atoms with Crippen LogP contribution in [-0.4, -0.2) is 24.4 Å². The molecule has 148 valence electrons. The molecule has 1 aromatic carbocycles. The minimum Gasteiger partial charge on any atom is -0.512 e. The molecule has 0 spiro atoms. The molecule has 0 aliphatic heterocycles. The Morgan fingerprint density at radius 3 is 2.33 bits per heavy atom. The third-order valence-corrected chi connectivity index (χ3v) is 4.30. The summed E-state index contributed by atoms with van der Waals surface area (Å²) in [5.41, 5.74) is 9.27. The Kier molecular flexibility index (Phi) is 7.73. The highest BCUT2D eigenvalue weighted by Gasteiger charge is 2.19. The summed E-state index contributed by atoms with van der Waals surface area (Å²) in [5.74, 6) is 0.745. The summed E-state index contributed by atoms with van der Waals surface area (Å²) in [6, 6.07) is 3.97. The Balaban J connectivity index is 3.04. The number of allylic oxidation sites excluding steroid dienone is 4. The third kappa shape index (κ3) is 6.22. The van der Waals surface area contributed by atoms with Gasteiger partial charge < -0.3 is 25.4 Å². The van der Waals surface area contributed by atoms with E-state index in [1.165, 1.54) is 14.2 Å². The molecule has 5 nitrogen and oxygen atoms in total. The molecule has 0 saturated heterocycles. The summed E-state index contributed by atoms with van der Waals surface area (Å²) >= 11 is 0. The molecule has 0 atom stereocenters. The second kappa shape index (κ2) is 9.33. The lowest BCUT2D eigenvalue weighted by Crippen LogP contribution is -2.17. The van der Waals surface area contributed by atoms with Crippen LogP contribution in [0.4, 0.5) is 0 Å². The Labute approximate surface area is 162 Å². The van der Waals surface area contributed by atoms with Crippen molar-refractivity contribution in [2.45, 2.75) is 39.7 Å². The highest BCUT2D eigenvalue weighted by Crippen LogP contribution is 2.27. The van der Waals surface area contributed by atoms with E-state index in [9.17, 15) is 10.2 Å². The standard InChI is InChI=1S/C22H31NO4/c1-14-12-20(22(4,5)25)15(2)11-17(14)13-18(24)9-8-10-19(16(3)26-6)21(23)27-7/h8-12,24-25H,3,13,23H2,1-2,4-7H3/b10-8+,18-9-,21-19+. The van der Waals surface area contributed by atoms with Gasteiger partial charge in [-0.2, -0.15) is 0 Å². The summed E-state index contributed by atoms with van der Waals surface area (Å²) in [6.45, 7) is 11.2. The van der Waals surface area contributed by atoms with Crippen LogP contribution in [0.25, 0.3) is 0 Å². The van der Waals surface area contributed by atoms with Crippen molar-refractivity contribution < 1.29 is 19.7 Å². The van der Waals surface area contributed by atoms with Gasteiger partial charge in [-0.25, -0.2) is 0 Å². The third-order valence-electron chi connectivity index (χ3n) is 4.30. The van der Waals surface area contributed by atoms with Gasteiger partial charge in [-0.3, -0.25) is 0 Å². The fraction of sp³-hybridized carbons (Fsp3) is 0.364. The van der Waals surface area contributed by atoms with Crippen molar-refractivity contribution in [1.29, 1.82) is 0 Å². The first-order valence-corrected chi connectivity index (χ1v) is 8.67. The number of rotatable bonds is 8. The fourth-order valence-electron chi connectivity index (χ4n) is 2.77. The van der Waals surface area contributed by atoms with E-state index in [0.717, 1.165) is 22.3 Å². The van der Waals surface area contributed by atoms with E-state index >= 15 is 0 Å². The van der Waals surface area contributed by atoms with Crippen LogP contribution < -0.4 is 5.73 Å². The van der Waals surface area contributed by atoms with Crippen molar-refractivity contribution in [2.75, 3.05) is 14.2 Å². The first-order chi connectivity index (χ1) is 12.5. The summed E-state index contributed by atoms with van der Waals surface area (Å²) in [4.78, 5) is 0. The maximum atomic E-state index is 10.3. The van der Waals surface area contributed by atoms with Gasteiger partial charge in [0.25, 0.3) is 0 Å². The van der Waals surface area contributed by atoms with Crippen molar-refractivity contribution in [3.63, 3.8) is 0 Å². The molecule has 0 heterocycles. The van der Waals surface area contributed by atoms with E-state index in [4.69, 9.17) is 15.2 Å². The number of aliphatic hydroxyl groups excluding tert-OH is 1. The van der Waals surface area contributed by atoms with Gasteiger partial charge in [0.05, 0.1) is 31.2 Å². The van der Waals surface area contributed by atoms with Gasteiger partial charge in [-0.1, -0.05) is 24.8 Å². The first-order valence-electron chi connectivity index (χ1n) is 8.67. The Morgan fingerprint density at radius 1 is 1.19 bits per heavy atom. The van der Waals surface area contributed by atoms with Crippen molar-refractivity contribution in [1.82, 2.24) is 0 Å². The van der Waals surface area contributed by atoms with Crippen LogP contribution in [0, 0.1) is 13.8 Å². The van der Waals surface area contributed by atoms with Gasteiger partial charge >= 0.3 is 0 Å². The number of aliphatic hydroxyl groups is 2. The normalized spacial score (nSPS) is 13.5. The number of hydrogen-bond acceptors (Lipinski definition) is 5. The Bertz CT molecular complexity index is 780. The molecule has 0 bridgehead atoms. The molecule has 0 fully saturated rings. The molecule has 1 rings (SSSR count). The Morgan fingerprint density at radius 2 is 1.81 bits per heavy atom. The van der Waals surface area contributed by atoms with E-state index < -0.39 is 5.60 Å². The van der Waals surface area contributed by atoms with E-state index in [-0.39, 0.29) is 11.6 Å². The Hall–Kier alpha value is -2.66. The molecule has 0 saturated carbocycles. The smallest absolute Gasteiger partial charge is 0.194 e. The van der Waals surface area contributed by atoms with Crippen LogP contribution in [-0.2, 0) is 21.5 Å². The molecular formula is C22H31NO4. The summed E-state index contributed by atoms with van der Waals surface area (Å²) in [5, 5.41) is 20.5. The highest BCUT2D eigenvalue weighted by molar-refractivity contribution is 5.42. The number of ether oxygens (including phenoxy) is 2. The van der Waals surface area contributed by atoms with Gasteiger partial charge in [-0.15, -0.1) is 0 Å². The van der Waals surface area contributed by atoms with Gasteiger partial charge in [0.15, 0.2) is 5.88 Å². The molecule has 0 amide bonds. The van der Waals surface area contributed by atoms with Gasteiger partial charge in [0.1, 0.15) is 5.76 Å². The molecule has 0 radical (unpaired) electrons. The second-order valence-corrected chi connectivity index (χ2v) is 6.96. The topological polar surface area (TPSA) is 84.9 Å². The lowest BCUT2D eigenvalue weighted by molar-refractivity contribution is 0.0778. The van der Waals surface area contributed by atoms with Crippen LogP contribution in [0.3, 0.4) is 0 Å². The zero-order valence-electron chi connectivity index (χ0n) is 17.1. The van der Waals surface area contributed by atoms with Crippen molar-refractivity contribution in [3.8, 4) is 0 Å². The highest BCUT2D eigenvalue weighted by atomic mass is 16.5. The summed E-state index contributed by atoms with van der Waals surface area (Å²) in [6.07, 6.45) is 5.29. The van der Waals surface area contributed by atoms with Gasteiger partial charge in [0.2, 0.25) is 0 Å². The first kappa shape index (κ1) is 22.4. The van der Waals surface area contributed by atoms with E-state index in [1.54, 1.807) is 32.1 Å². The SMILES string of the molecule is C=C(OC)C(/C=C/C=C(\O)Cc1cc(C)c(C(C)(C)O)cc1C)=C(\N)OC. The molecule has 0 unspecified atom stereocenters. The molecule has 0 aliphatic carbocycles. The lowest BCUT2D eigenvalue weighted by atomic mass is 9.89. The van der Waals surface area contributed by atoms with Crippen LogP contribution in [0.15, 0.2) is 59.9 Å². The fourth-order valence-corrected chi connectivity index (χ4v) is 2.77. The number of benzene rings is 1. The average Bonchev–Trinajstić information content (AvgIpc) is 2.59. The predicted molar refractivity (Wildman–Crippen MR) is 109 cm³/mol. The molecule has 5 heteroatoms. The zero-order chi connectivity index (χ0) is 20.8. The van der Waals surface area contributed by atoms with Crippen molar-refractivity contribution in [3.05, 3.63) is 82.2 Å². The van der Waals surface area contributed by atoms with Crippen molar-refractivity contribution in [2.24, 2.45) is 5.73 Å². The molecule has 4 N–H and O–H groups in total. The van der Waals surface area contributed by atoms with E-state index in [0.29, 0.717) is 17.8 Å². The van der Waals surface area contributed by atoms with Crippen LogP contribution in [0.5, 0.6) is 0 Å². The summed E-state index contributed by atoms with van der Waals surface area (Å²) < 4.78 is 10.1. The van der Waals surface area contributed by atoms with Crippen LogP contribution in [0.1, 0.15) is 36.1 Å². The van der Waals surface area contributed by atoms with Crippen LogP contribution in [0.2, 0.25) is 0 Å². The van der Waals surface area contributed by atoms with Gasteiger partial charge in [-0.05, 0) is 62.1 Å². The maximum Gasteiger partial charge on any atom is 0.194 e. The number of methoxy groups -OCH3 is 2. The maximum absolute atomic E-state index is 10.3. The second-order valence-electron chi connectivity index (χ2n) is 6.96. The molecular weight excluding hydrogens is 342 g/mol. The van der Waals surface area contributed by atoms with Crippen LogP contribution >= 0.6 is 0 Å². The molecule has 0 aliphatic rings. The van der Waals surface area contributed by atoms with Gasteiger partial charge in [0, 0.05) is 6.42 Å². The average molecular weight is 373 g/mol. The molecule has 27 heavy (non-hydrogen) atoms. The molecule has 1 aromatic rings. The lowest BCUT2D eigenvalue weighted by Gasteiger charge is -2.22. The summed E-state index contributed by atoms with van der Waals surface area (Å²) in [7, 11) is 2.96. The number of hydrogen-bond donors (Lipinski definition) is 3. The minimum absolute atomic E-state index is 0.180. The number of aryl methyl sites for hydroxylation is 2. The van der Waals surface area contributed by atoms with Crippen molar-refractivity contribution >= 4 is 0 Å². The minimum atomic E-state index is -0.901. The van der Waals surface area contributed by atoms with E-state index in [2.05, 4.69) is 6.58 Å². The molecule has 0 aromatic heterocycles. The quantitative estimate of drug-likeness (QED) is 0.473. The number of nitrogens with two attached hydrogens (primary N) is 1. The predicted octanol–water partition coefficient (Wildman–Crippen LogP) is 4.05. The largest absolute Gasteiger partial charge is 0.512 e. The van der Waals surface area contributed by atoms with E-state index in [1.807, 2.05) is 26.0 Å². The zero-order valence-corrected chi connectivity index (χ0v) is 17.1. The monoisotopic (exact) mass is 373 g/mol.